The zero-order valence-electron chi connectivity index (χ0n) is 15.1. The first-order valence-corrected chi connectivity index (χ1v) is 9.36. The molecule has 4 rings (SSSR count). The highest BCUT2D eigenvalue weighted by atomic mass is 19.1. The molecule has 2 aromatic rings. The number of benzene rings is 1. The lowest BCUT2D eigenvalue weighted by molar-refractivity contribution is -0.110. The fourth-order valence-corrected chi connectivity index (χ4v) is 3.98. The standard InChI is InChI=1S/C20H23FN4O2/c21-16-4-1-3-15(13-16)18(26)25-10-6-20(7-11-25)14-17(5-12-27-20)24-19-22-8-2-9-23-19/h1-4,8-9,13,17H,5-7,10-12,14H2,(H,22,23,24). The highest BCUT2D eigenvalue weighted by Crippen LogP contribution is 2.36. The zero-order valence-corrected chi connectivity index (χ0v) is 15.1. The number of halogens is 1. The predicted molar refractivity (Wildman–Crippen MR) is 98.9 cm³/mol. The molecule has 1 unspecified atom stereocenters. The number of ether oxygens (including phenoxy) is 1. The first-order chi connectivity index (χ1) is 13.1. The van der Waals surface area contributed by atoms with Crippen LogP contribution < -0.4 is 5.32 Å². The summed E-state index contributed by atoms with van der Waals surface area (Å²) in [5, 5.41) is 3.39. The lowest BCUT2D eigenvalue weighted by atomic mass is 9.82. The van der Waals surface area contributed by atoms with Gasteiger partial charge >= 0.3 is 0 Å². The molecule has 27 heavy (non-hydrogen) atoms. The molecule has 1 aromatic carbocycles. The molecule has 3 heterocycles. The van der Waals surface area contributed by atoms with Gasteiger partial charge in [0.25, 0.3) is 5.91 Å². The summed E-state index contributed by atoms with van der Waals surface area (Å²) in [6, 6.07) is 7.92. The van der Waals surface area contributed by atoms with E-state index in [4.69, 9.17) is 4.74 Å². The number of rotatable bonds is 3. The zero-order chi connectivity index (χ0) is 18.7. The molecule has 6 nitrogen and oxygen atoms in total. The first kappa shape index (κ1) is 17.9. The van der Waals surface area contributed by atoms with Gasteiger partial charge < -0.3 is 15.0 Å². The maximum absolute atomic E-state index is 13.4. The molecule has 2 aliphatic heterocycles. The number of piperidine rings is 1. The third-order valence-electron chi connectivity index (χ3n) is 5.43. The van der Waals surface area contributed by atoms with Crippen molar-refractivity contribution < 1.29 is 13.9 Å². The Balaban J connectivity index is 1.37. The van der Waals surface area contributed by atoms with Gasteiger partial charge in [0.05, 0.1) is 5.60 Å². The molecule has 1 aromatic heterocycles. The minimum atomic E-state index is -0.387. The number of hydrogen-bond acceptors (Lipinski definition) is 5. The molecule has 1 spiro atoms. The second kappa shape index (κ2) is 7.60. The average Bonchev–Trinajstić information content (AvgIpc) is 2.69. The van der Waals surface area contributed by atoms with Gasteiger partial charge in [0.2, 0.25) is 5.95 Å². The molecule has 2 saturated heterocycles. The van der Waals surface area contributed by atoms with Crippen molar-refractivity contribution in [2.75, 3.05) is 25.0 Å². The van der Waals surface area contributed by atoms with Crippen LogP contribution >= 0.6 is 0 Å². The van der Waals surface area contributed by atoms with Crippen LogP contribution in [-0.4, -0.2) is 52.1 Å². The van der Waals surface area contributed by atoms with Crippen molar-refractivity contribution in [3.63, 3.8) is 0 Å². The molecule has 1 N–H and O–H groups in total. The molecule has 0 radical (unpaired) electrons. The summed E-state index contributed by atoms with van der Waals surface area (Å²) in [7, 11) is 0. The van der Waals surface area contributed by atoms with Crippen molar-refractivity contribution in [2.24, 2.45) is 0 Å². The topological polar surface area (TPSA) is 67.4 Å². The smallest absolute Gasteiger partial charge is 0.253 e. The van der Waals surface area contributed by atoms with Crippen molar-refractivity contribution in [1.29, 1.82) is 0 Å². The summed E-state index contributed by atoms with van der Waals surface area (Å²) in [6.45, 7) is 1.91. The van der Waals surface area contributed by atoms with Crippen LogP contribution in [-0.2, 0) is 4.74 Å². The van der Waals surface area contributed by atoms with E-state index in [2.05, 4.69) is 15.3 Å². The minimum Gasteiger partial charge on any atom is -0.375 e. The van der Waals surface area contributed by atoms with Gasteiger partial charge in [-0.3, -0.25) is 4.79 Å². The molecule has 0 aliphatic carbocycles. The number of nitrogens with one attached hydrogen (secondary N) is 1. The first-order valence-electron chi connectivity index (χ1n) is 9.36. The molecule has 2 aliphatic rings. The minimum absolute atomic E-state index is 0.118. The highest BCUT2D eigenvalue weighted by molar-refractivity contribution is 5.94. The van der Waals surface area contributed by atoms with Gasteiger partial charge in [0, 0.05) is 43.7 Å². The van der Waals surface area contributed by atoms with Crippen molar-refractivity contribution in [2.45, 2.75) is 37.3 Å². The van der Waals surface area contributed by atoms with Crippen LogP contribution in [0.25, 0.3) is 0 Å². The van der Waals surface area contributed by atoms with Crippen LogP contribution in [0.4, 0.5) is 10.3 Å². The van der Waals surface area contributed by atoms with Crippen molar-refractivity contribution in [3.05, 3.63) is 54.1 Å². The normalized spacial score (nSPS) is 21.8. The Bertz CT molecular complexity index is 794. The lowest BCUT2D eigenvalue weighted by Gasteiger charge is -2.46. The third kappa shape index (κ3) is 4.08. The fourth-order valence-electron chi connectivity index (χ4n) is 3.98. The number of likely N-dealkylation sites (tertiary alicyclic amines) is 1. The summed E-state index contributed by atoms with van der Waals surface area (Å²) < 4.78 is 19.5. The maximum atomic E-state index is 13.4. The lowest BCUT2D eigenvalue weighted by Crippen LogP contribution is -2.52. The van der Waals surface area contributed by atoms with E-state index in [1.807, 2.05) is 0 Å². The number of aromatic nitrogens is 2. The van der Waals surface area contributed by atoms with Crippen LogP contribution in [0.1, 0.15) is 36.0 Å². The van der Waals surface area contributed by atoms with Gasteiger partial charge in [-0.2, -0.15) is 0 Å². The summed E-state index contributed by atoms with van der Waals surface area (Å²) in [4.78, 5) is 22.9. The largest absolute Gasteiger partial charge is 0.375 e. The molecular formula is C20H23FN4O2. The number of nitrogens with zero attached hydrogens (tertiary/aromatic N) is 3. The molecule has 1 amide bonds. The van der Waals surface area contributed by atoms with Crippen LogP contribution in [0.2, 0.25) is 0 Å². The summed E-state index contributed by atoms with van der Waals surface area (Å²) >= 11 is 0. The Kier molecular flexibility index (Phi) is 5.03. The van der Waals surface area contributed by atoms with Gasteiger partial charge in [-0.1, -0.05) is 6.07 Å². The van der Waals surface area contributed by atoms with E-state index in [0.717, 1.165) is 25.7 Å². The van der Waals surface area contributed by atoms with Gasteiger partial charge in [0.15, 0.2) is 0 Å². The number of anilines is 1. The van der Waals surface area contributed by atoms with Crippen LogP contribution in [0.3, 0.4) is 0 Å². The number of hydrogen-bond donors (Lipinski definition) is 1. The second-order valence-corrected chi connectivity index (χ2v) is 7.24. The molecule has 0 saturated carbocycles. The summed E-state index contributed by atoms with van der Waals surface area (Å²) in [5.74, 6) is 0.132. The Morgan fingerprint density at radius 2 is 2.00 bits per heavy atom. The monoisotopic (exact) mass is 370 g/mol. The van der Waals surface area contributed by atoms with Crippen LogP contribution in [0.15, 0.2) is 42.7 Å². The Hall–Kier alpha value is -2.54. The van der Waals surface area contributed by atoms with E-state index < -0.39 is 0 Å². The highest BCUT2D eigenvalue weighted by Gasteiger charge is 2.41. The van der Waals surface area contributed by atoms with Crippen molar-refractivity contribution >= 4 is 11.9 Å². The quantitative estimate of drug-likeness (QED) is 0.900. The van der Waals surface area contributed by atoms with Crippen LogP contribution in [0.5, 0.6) is 0 Å². The molecule has 1 atom stereocenters. The van der Waals surface area contributed by atoms with E-state index in [0.29, 0.717) is 31.2 Å². The van der Waals surface area contributed by atoms with E-state index in [1.165, 1.54) is 12.1 Å². The molecule has 0 bridgehead atoms. The van der Waals surface area contributed by atoms with Gasteiger partial charge in [0.1, 0.15) is 5.82 Å². The van der Waals surface area contributed by atoms with Crippen LogP contribution in [0, 0.1) is 5.82 Å². The van der Waals surface area contributed by atoms with Gasteiger partial charge in [-0.05, 0) is 49.9 Å². The Morgan fingerprint density at radius 3 is 2.74 bits per heavy atom. The van der Waals surface area contributed by atoms with E-state index in [-0.39, 0.29) is 23.4 Å². The molecule has 2 fully saturated rings. The SMILES string of the molecule is O=C(c1cccc(F)c1)N1CCC2(CC1)CC(Nc1ncccn1)CCO2. The van der Waals surface area contributed by atoms with Gasteiger partial charge in [-0.15, -0.1) is 0 Å². The Labute approximate surface area is 157 Å². The van der Waals surface area contributed by atoms with Crippen molar-refractivity contribution in [1.82, 2.24) is 14.9 Å². The number of carbonyl (C=O) groups excluding carboxylic acids is 1. The van der Waals surface area contributed by atoms with Gasteiger partial charge in [-0.25, -0.2) is 14.4 Å². The fraction of sp³-hybridized carbons (Fsp3) is 0.450. The number of amides is 1. The molecule has 7 heteroatoms. The maximum Gasteiger partial charge on any atom is 0.253 e. The third-order valence-corrected chi connectivity index (χ3v) is 5.43. The average molecular weight is 370 g/mol. The Morgan fingerprint density at radius 1 is 1.22 bits per heavy atom. The molecule has 142 valence electrons. The predicted octanol–water partition coefficient (Wildman–Crippen LogP) is 2.88. The molecular weight excluding hydrogens is 347 g/mol. The van der Waals surface area contributed by atoms with Crippen molar-refractivity contribution in [3.8, 4) is 0 Å². The van der Waals surface area contributed by atoms with E-state index in [1.54, 1.807) is 35.5 Å². The number of carbonyl (C=O) groups is 1. The van der Waals surface area contributed by atoms with E-state index >= 15 is 0 Å². The second-order valence-electron chi connectivity index (χ2n) is 7.24. The van der Waals surface area contributed by atoms with E-state index in [9.17, 15) is 9.18 Å². The summed E-state index contributed by atoms with van der Waals surface area (Å²) in [6.07, 6.45) is 6.78. The summed E-state index contributed by atoms with van der Waals surface area (Å²) in [5.41, 5.74) is 0.181.